The number of anilines is 1. The molecule has 0 bridgehead atoms. The number of methoxy groups -OCH3 is 1. The second-order valence-corrected chi connectivity index (χ2v) is 3.97. The molecule has 0 aliphatic carbocycles. The Labute approximate surface area is 117 Å². The van der Waals surface area contributed by atoms with Crippen LogP contribution in [0.3, 0.4) is 0 Å². The summed E-state index contributed by atoms with van der Waals surface area (Å²) in [5.41, 5.74) is 6.43. The standard InChI is InChI=1S/C14H19NO5/c1-3-19-13-10(6-4-7-11(13)15)14(17)20-9-5-8-12(16)18-2/h4,6-7H,3,5,8-9,15H2,1-2H3. The highest BCUT2D eigenvalue weighted by atomic mass is 16.5. The fourth-order valence-electron chi connectivity index (χ4n) is 1.58. The smallest absolute Gasteiger partial charge is 0.342 e. The Bertz CT molecular complexity index is 473. The summed E-state index contributed by atoms with van der Waals surface area (Å²) in [6.07, 6.45) is 0.615. The second kappa shape index (κ2) is 8.04. The van der Waals surface area contributed by atoms with Crippen LogP contribution in [0.2, 0.25) is 0 Å². The molecule has 0 saturated carbocycles. The number of para-hydroxylation sites is 1. The van der Waals surface area contributed by atoms with E-state index in [2.05, 4.69) is 4.74 Å². The minimum atomic E-state index is -0.523. The molecule has 0 heterocycles. The maximum Gasteiger partial charge on any atom is 0.342 e. The predicted molar refractivity (Wildman–Crippen MR) is 73.6 cm³/mol. The fourth-order valence-corrected chi connectivity index (χ4v) is 1.58. The van der Waals surface area contributed by atoms with Gasteiger partial charge in [0.25, 0.3) is 0 Å². The third-order valence-electron chi connectivity index (χ3n) is 2.54. The summed E-state index contributed by atoms with van der Waals surface area (Å²) in [5.74, 6) is -0.529. The van der Waals surface area contributed by atoms with Gasteiger partial charge in [0.15, 0.2) is 5.75 Å². The topological polar surface area (TPSA) is 87.9 Å². The molecule has 6 nitrogen and oxygen atoms in total. The molecule has 0 amide bonds. The molecular formula is C14H19NO5. The zero-order valence-corrected chi connectivity index (χ0v) is 11.7. The minimum Gasteiger partial charge on any atom is -0.491 e. The zero-order chi connectivity index (χ0) is 15.0. The lowest BCUT2D eigenvalue weighted by molar-refractivity contribution is -0.140. The number of nitrogens with two attached hydrogens (primary N) is 1. The third-order valence-corrected chi connectivity index (χ3v) is 2.54. The number of ether oxygens (including phenoxy) is 3. The Hall–Kier alpha value is -2.24. The summed E-state index contributed by atoms with van der Waals surface area (Å²) in [6, 6.07) is 4.89. The van der Waals surface area contributed by atoms with Gasteiger partial charge >= 0.3 is 11.9 Å². The van der Waals surface area contributed by atoms with Gasteiger partial charge in [-0.3, -0.25) is 4.79 Å². The van der Waals surface area contributed by atoms with Crippen LogP contribution in [0.25, 0.3) is 0 Å². The predicted octanol–water partition coefficient (Wildman–Crippen LogP) is 1.78. The molecule has 110 valence electrons. The quantitative estimate of drug-likeness (QED) is 0.465. The molecule has 0 fully saturated rings. The van der Waals surface area contributed by atoms with Crippen LogP contribution in [0.15, 0.2) is 18.2 Å². The van der Waals surface area contributed by atoms with Crippen LogP contribution in [0.1, 0.15) is 30.1 Å². The van der Waals surface area contributed by atoms with Gasteiger partial charge in [-0.25, -0.2) is 4.79 Å². The third kappa shape index (κ3) is 4.46. The van der Waals surface area contributed by atoms with Crippen molar-refractivity contribution in [2.75, 3.05) is 26.1 Å². The normalized spacial score (nSPS) is 9.90. The van der Waals surface area contributed by atoms with Crippen molar-refractivity contribution >= 4 is 17.6 Å². The van der Waals surface area contributed by atoms with E-state index in [1.165, 1.54) is 7.11 Å². The van der Waals surface area contributed by atoms with E-state index in [9.17, 15) is 9.59 Å². The van der Waals surface area contributed by atoms with Gasteiger partial charge in [-0.2, -0.15) is 0 Å². The van der Waals surface area contributed by atoms with Gasteiger partial charge in [0.05, 0.1) is 26.0 Å². The number of rotatable bonds is 7. The van der Waals surface area contributed by atoms with E-state index in [0.29, 0.717) is 24.5 Å². The highest BCUT2D eigenvalue weighted by Gasteiger charge is 2.16. The first-order chi connectivity index (χ1) is 9.60. The molecule has 0 saturated heterocycles. The summed E-state index contributed by atoms with van der Waals surface area (Å²) in [5, 5.41) is 0. The van der Waals surface area contributed by atoms with Crippen molar-refractivity contribution in [2.45, 2.75) is 19.8 Å². The van der Waals surface area contributed by atoms with Crippen molar-refractivity contribution in [3.63, 3.8) is 0 Å². The van der Waals surface area contributed by atoms with E-state index in [0.717, 1.165) is 0 Å². The van der Waals surface area contributed by atoms with Gasteiger partial charge in [-0.15, -0.1) is 0 Å². The molecule has 1 rings (SSSR count). The van der Waals surface area contributed by atoms with Gasteiger partial charge in [0.2, 0.25) is 0 Å². The lowest BCUT2D eigenvalue weighted by Crippen LogP contribution is -2.11. The number of esters is 2. The van der Waals surface area contributed by atoms with Crippen LogP contribution in [0.5, 0.6) is 5.75 Å². The summed E-state index contributed by atoms with van der Waals surface area (Å²) in [6.45, 7) is 2.34. The molecule has 0 atom stereocenters. The van der Waals surface area contributed by atoms with E-state index >= 15 is 0 Å². The van der Waals surface area contributed by atoms with Gasteiger partial charge in [0.1, 0.15) is 5.56 Å². The molecule has 0 aliphatic rings. The lowest BCUT2D eigenvalue weighted by Gasteiger charge is -2.12. The van der Waals surface area contributed by atoms with Crippen LogP contribution in [0.4, 0.5) is 5.69 Å². The van der Waals surface area contributed by atoms with E-state index in [1.807, 2.05) is 0 Å². The first-order valence-electron chi connectivity index (χ1n) is 6.35. The summed E-state index contributed by atoms with van der Waals surface area (Å²) in [4.78, 5) is 22.8. The fraction of sp³-hybridized carbons (Fsp3) is 0.429. The summed E-state index contributed by atoms with van der Waals surface area (Å²) >= 11 is 0. The monoisotopic (exact) mass is 281 g/mol. The molecule has 0 aliphatic heterocycles. The van der Waals surface area contributed by atoms with Crippen LogP contribution in [-0.2, 0) is 14.3 Å². The molecule has 0 unspecified atom stereocenters. The molecule has 0 spiro atoms. The first-order valence-corrected chi connectivity index (χ1v) is 6.35. The highest BCUT2D eigenvalue weighted by Crippen LogP contribution is 2.27. The average Bonchev–Trinajstić information content (AvgIpc) is 2.45. The maximum atomic E-state index is 11.9. The van der Waals surface area contributed by atoms with E-state index in [4.69, 9.17) is 15.2 Å². The van der Waals surface area contributed by atoms with Crippen molar-refractivity contribution in [1.29, 1.82) is 0 Å². The van der Waals surface area contributed by atoms with Crippen molar-refractivity contribution in [3.05, 3.63) is 23.8 Å². The Kier molecular flexibility index (Phi) is 6.36. The number of carbonyl (C=O) groups excluding carboxylic acids is 2. The lowest BCUT2D eigenvalue weighted by atomic mass is 10.1. The van der Waals surface area contributed by atoms with Crippen molar-refractivity contribution in [3.8, 4) is 5.75 Å². The molecule has 2 N–H and O–H groups in total. The Balaban J connectivity index is 2.59. The molecular weight excluding hydrogens is 262 g/mol. The van der Waals surface area contributed by atoms with Gasteiger partial charge in [-0.05, 0) is 25.5 Å². The first kappa shape index (κ1) is 15.8. The average molecular weight is 281 g/mol. The number of nitrogen functional groups attached to an aromatic ring is 1. The van der Waals surface area contributed by atoms with Gasteiger partial charge < -0.3 is 19.9 Å². The van der Waals surface area contributed by atoms with Crippen LogP contribution in [-0.4, -0.2) is 32.3 Å². The van der Waals surface area contributed by atoms with Crippen LogP contribution >= 0.6 is 0 Å². The SMILES string of the molecule is CCOc1c(N)cccc1C(=O)OCCCC(=O)OC. The molecule has 0 radical (unpaired) electrons. The number of hydrogen-bond donors (Lipinski definition) is 1. The van der Waals surface area contributed by atoms with Crippen LogP contribution in [0, 0.1) is 0 Å². The molecule has 20 heavy (non-hydrogen) atoms. The van der Waals surface area contributed by atoms with E-state index in [-0.39, 0.29) is 24.6 Å². The summed E-state index contributed by atoms with van der Waals surface area (Å²) in [7, 11) is 1.31. The molecule has 1 aromatic rings. The van der Waals surface area contributed by atoms with Gasteiger partial charge in [-0.1, -0.05) is 6.07 Å². The Morgan fingerprint density at radius 2 is 2.05 bits per heavy atom. The van der Waals surface area contributed by atoms with Crippen molar-refractivity contribution in [1.82, 2.24) is 0 Å². The Morgan fingerprint density at radius 1 is 1.30 bits per heavy atom. The Morgan fingerprint density at radius 3 is 2.70 bits per heavy atom. The maximum absolute atomic E-state index is 11.9. The van der Waals surface area contributed by atoms with Gasteiger partial charge in [0, 0.05) is 6.42 Å². The molecule has 1 aromatic carbocycles. The summed E-state index contributed by atoms with van der Waals surface area (Å²) < 4.78 is 14.9. The van der Waals surface area contributed by atoms with Crippen molar-refractivity contribution in [2.24, 2.45) is 0 Å². The number of hydrogen-bond acceptors (Lipinski definition) is 6. The minimum absolute atomic E-state index is 0.133. The molecule has 6 heteroatoms. The number of benzene rings is 1. The largest absolute Gasteiger partial charge is 0.491 e. The van der Waals surface area contributed by atoms with E-state index in [1.54, 1.807) is 25.1 Å². The second-order valence-electron chi connectivity index (χ2n) is 3.97. The zero-order valence-electron chi connectivity index (χ0n) is 11.7. The van der Waals surface area contributed by atoms with Crippen LogP contribution < -0.4 is 10.5 Å². The highest BCUT2D eigenvalue weighted by molar-refractivity contribution is 5.94. The van der Waals surface area contributed by atoms with E-state index < -0.39 is 5.97 Å². The number of carbonyl (C=O) groups is 2. The van der Waals surface area contributed by atoms with Crippen molar-refractivity contribution < 1.29 is 23.8 Å². The molecule has 0 aromatic heterocycles.